The topological polar surface area (TPSA) is 60.9 Å². The molecule has 7 heteroatoms. The Hall–Kier alpha value is -2.44. The van der Waals surface area contributed by atoms with Crippen LogP contribution in [0.3, 0.4) is 0 Å². The van der Waals surface area contributed by atoms with Crippen molar-refractivity contribution in [3.05, 3.63) is 35.6 Å². The van der Waals surface area contributed by atoms with Gasteiger partial charge in [0.2, 0.25) is 5.91 Å². The maximum Gasteiger partial charge on any atom is 0.312 e. The minimum absolute atomic E-state index is 0.0826. The molecule has 0 saturated carbocycles. The van der Waals surface area contributed by atoms with Gasteiger partial charge in [-0.15, -0.1) is 0 Å². The molecule has 3 rings (SSSR count). The Kier molecular flexibility index (Phi) is 4.51. The Morgan fingerprint density at radius 1 is 1.08 bits per heavy atom. The molecule has 2 aliphatic rings. The summed E-state index contributed by atoms with van der Waals surface area (Å²) in [5.41, 5.74) is 0.884. The summed E-state index contributed by atoms with van der Waals surface area (Å²) in [6.45, 7) is 3.66. The second kappa shape index (κ2) is 6.59. The van der Waals surface area contributed by atoms with Crippen molar-refractivity contribution in [2.45, 2.75) is 19.4 Å². The van der Waals surface area contributed by atoms with Gasteiger partial charge >= 0.3 is 11.8 Å². The predicted molar refractivity (Wildman–Crippen MR) is 84.3 cm³/mol. The van der Waals surface area contributed by atoms with Crippen molar-refractivity contribution in [2.75, 3.05) is 32.7 Å². The summed E-state index contributed by atoms with van der Waals surface area (Å²) in [7, 11) is 0. The van der Waals surface area contributed by atoms with Gasteiger partial charge in [0.1, 0.15) is 12.4 Å². The maximum absolute atomic E-state index is 13.0. The normalized spacial score (nSPS) is 21.1. The maximum atomic E-state index is 13.0. The number of hydrogen-bond acceptors (Lipinski definition) is 3. The zero-order chi connectivity index (χ0) is 17.3. The van der Waals surface area contributed by atoms with E-state index in [1.807, 2.05) is 6.92 Å². The number of likely N-dealkylation sites (tertiary alicyclic amines) is 1. The lowest BCUT2D eigenvalue weighted by Gasteiger charge is -2.43. The molecular weight excluding hydrogens is 313 g/mol. The van der Waals surface area contributed by atoms with Crippen LogP contribution in [0.25, 0.3) is 0 Å². The second-order valence-electron chi connectivity index (χ2n) is 6.05. The lowest BCUT2D eigenvalue weighted by atomic mass is 9.94. The van der Waals surface area contributed by atoms with Crippen molar-refractivity contribution in [2.24, 2.45) is 0 Å². The van der Waals surface area contributed by atoms with E-state index in [1.54, 1.807) is 17.0 Å². The zero-order valence-electron chi connectivity index (χ0n) is 13.6. The molecule has 1 aromatic carbocycles. The molecule has 0 aromatic heterocycles. The van der Waals surface area contributed by atoms with E-state index in [0.717, 1.165) is 12.0 Å². The minimum atomic E-state index is -0.615. The molecule has 2 heterocycles. The van der Waals surface area contributed by atoms with E-state index in [2.05, 4.69) is 0 Å². The van der Waals surface area contributed by atoms with Crippen LogP contribution in [0.1, 0.15) is 24.9 Å². The summed E-state index contributed by atoms with van der Waals surface area (Å²) < 4.78 is 13.0. The quantitative estimate of drug-likeness (QED) is 0.766. The number of amides is 3. The van der Waals surface area contributed by atoms with Crippen LogP contribution in [0.5, 0.6) is 0 Å². The highest BCUT2D eigenvalue weighted by atomic mass is 19.1. The highest BCUT2D eigenvalue weighted by Gasteiger charge is 2.37. The summed E-state index contributed by atoms with van der Waals surface area (Å²) in [5.74, 6) is -1.65. The van der Waals surface area contributed by atoms with Gasteiger partial charge in [0.15, 0.2) is 0 Å². The number of carbonyl (C=O) groups excluding carboxylic acids is 3. The van der Waals surface area contributed by atoms with Crippen molar-refractivity contribution >= 4 is 17.7 Å². The number of hydrogen-bond donors (Lipinski definition) is 0. The fraction of sp³-hybridized carbons (Fsp3) is 0.471. The largest absolute Gasteiger partial charge is 0.334 e. The molecule has 3 amide bonds. The van der Waals surface area contributed by atoms with Crippen LogP contribution in [0, 0.1) is 5.82 Å². The number of rotatable bonds is 4. The van der Waals surface area contributed by atoms with Gasteiger partial charge in [0.05, 0.1) is 6.04 Å². The SMILES string of the molecule is CCN1CCN(CC(=O)N2CC[C@@H]2c2ccc(F)cc2)C(=O)C1=O. The highest BCUT2D eigenvalue weighted by Crippen LogP contribution is 2.33. The molecule has 0 spiro atoms. The molecule has 1 aromatic rings. The van der Waals surface area contributed by atoms with E-state index in [0.29, 0.717) is 26.2 Å². The Morgan fingerprint density at radius 3 is 2.29 bits per heavy atom. The van der Waals surface area contributed by atoms with Crippen LogP contribution in [0.4, 0.5) is 4.39 Å². The van der Waals surface area contributed by atoms with Gasteiger partial charge in [0, 0.05) is 26.2 Å². The second-order valence-corrected chi connectivity index (χ2v) is 6.05. The average Bonchev–Trinajstić information content (AvgIpc) is 2.53. The molecule has 2 saturated heterocycles. The third-order valence-corrected chi connectivity index (χ3v) is 4.70. The lowest BCUT2D eigenvalue weighted by Crippen LogP contribution is -2.57. The van der Waals surface area contributed by atoms with Crippen LogP contribution in [-0.2, 0) is 14.4 Å². The summed E-state index contributed by atoms with van der Waals surface area (Å²) >= 11 is 0. The van der Waals surface area contributed by atoms with Crippen LogP contribution >= 0.6 is 0 Å². The molecule has 2 aliphatic heterocycles. The van der Waals surface area contributed by atoms with Gasteiger partial charge in [-0.3, -0.25) is 14.4 Å². The van der Waals surface area contributed by atoms with Gasteiger partial charge in [0.25, 0.3) is 0 Å². The molecule has 2 fully saturated rings. The smallest absolute Gasteiger partial charge is 0.312 e. The third kappa shape index (κ3) is 2.98. The number of piperazine rings is 1. The van der Waals surface area contributed by atoms with Crippen LogP contribution in [0.15, 0.2) is 24.3 Å². The van der Waals surface area contributed by atoms with Crippen molar-refractivity contribution < 1.29 is 18.8 Å². The molecule has 0 aliphatic carbocycles. The molecule has 6 nitrogen and oxygen atoms in total. The average molecular weight is 333 g/mol. The standard InChI is InChI=1S/C17H20FN3O3/c1-2-19-9-10-20(17(24)16(19)23)11-15(22)21-8-7-14(21)12-3-5-13(18)6-4-12/h3-6,14H,2,7-11H2,1H3/t14-/m1/s1. The summed E-state index contributed by atoms with van der Waals surface area (Å²) in [5, 5.41) is 0. The van der Waals surface area contributed by atoms with Gasteiger partial charge in [-0.2, -0.15) is 0 Å². The van der Waals surface area contributed by atoms with Gasteiger partial charge in [-0.1, -0.05) is 12.1 Å². The van der Waals surface area contributed by atoms with Crippen molar-refractivity contribution in [1.82, 2.24) is 14.7 Å². The van der Waals surface area contributed by atoms with E-state index < -0.39 is 11.8 Å². The minimum Gasteiger partial charge on any atom is -0.334 e. The van der Waals surface area contributed by atoms with Crippen LogP contribution < -0.4 is 0 Å². The van der Waals surface area contributed by atoms with E-state index in [9.17, 15) is 18.8 Å². The lowest BCUT2D eigenvalue weighted by molar-refractivity contribution is -0.158. The molecule has 24 heavy (non-hydrogen) atoms. The third-order valence-electron chi connectivity index (χ3n) is 4.70. The van der Waals surface area contributed by atoms with E-state index >= 15 is 0 Å². The Labute approximate surface area is 139 Å². The molecule has 0 radical (unpaired) electrons. The number of carbonyl (C=O) groups is 3. The number of halogens is 1. The predicted octanol–water partition coefficient (Wildman–Crippen LogP) is 0.790. The number of likely N-dealkylation sites (N-methyl/N-ethyl adjacent to an activating group) is 1. The van der Waals surface area contributed by atoms with E-state index in [-0.39, 0.29) is 24.3 Å². The molecule has 0 unspecified atom stereocenters. The van der Waals surface area contributed by atoms with Gasteiger partial charge in [-0.05, 0) is 31.0 Å². The van der Waals surface area contributed by atoms with Crippen molar-refractivity contribution in [1.29, 1.82) is 0 Å². The summed E-state index contributed by atoms with van der Waals surface area (Å²) in [6.07, 6.45) is 0.813. The van der Waals surface area contributed by atoms with Gasteiger partial charge < -0.3 is 14.7 Å². The highest BCUT2D eigenvalue weighted by molar-refractivity contribution is 6.35. The first-order chi connectivity index (χ1) is 11.5. The first-order valence-electron chi connectivity index (χ1n) is 8.14. The first-order valence-corrected chi connectivity index (χ1v) is 8.14. The molecule has 0 N–H and O–H groups in total. The molecule has 0 bridgehead atoms. The monoisotopic (exact) mass is 333 g/mol. The van der Waals surface area contributed by atoms with Crippen molar-refractivity contribution in [3.8, 4) is 0 Å². The number of benzene rings is 1. The van der Waals surface area contributed by atoms with Crippen LogP contribution in [0.2, 0.25) is 0 Å². The molecule has 1 atom stereocenters. The Bertz CT molecular complexity index is 662. The van der Waals surface area contributed by atoms with E-state index in [1.165, 1.54) is 21.9 Å². The molecular formula is C17H20FN3O3. The Morgan fingerprint density at radius 2 is 1.71 bits per heavy atom. The van der Waals surface area contributed by atoms with E-state index in [4.69, 9.17) is 0 Å². The van der Waals surface area contributed by atoms with Crippen LogP contribution in [-0.4, -0.2) is 65.1 Å². The fourth-order valence-corrected chi connectivity index (χ4v) is 3.14. The Balaban J connectivity index is 1.62. The zero-order valence-corrected chi connectivity index (χ0v) is 13.6. The fourth-order valence-electron chi connectivity index (χ4n) is 3.14. The summed E-state index contributed by atoms with van der Waals surface area (Å²) in [6, 6.07) is 6.02. The summed E-state index contributed by atoms with van der Waals surface area (Å²) in [4.78, 5) is 40.9. The van der Waals surface area contributed by atoms with Gasteiger partial charge in [-0.25, -0.2) is 4.39 Å². The first kappa shape index (κ1) is 16.4. The molecule has 128 valence electrons. The number of nitrogens with zero attached hydrogens (tertiary/aromatic N) is 3. The van der Waals surface area contributed by atoms with Crippen molar-refractivity contribution in [3.63, 3.8) is 0 Å².